The van der Waals surface area contributed by atoms with Gasteiger partial charge in [0.25, 0.3) is 0 Å². The molecule has 21 heavy (non-hydrogen) atoms. The van der Waals surface area contributed by atoms with E-state index in [0.29, 0.717) is 10.5 Å². The summed E-state index contributed by atoms with van der Waals surface area (Å²) < 4.78 is 28.7. The number of hydrogen-bond acceptors (Lipinski definition) is 6. The van der Waals surface area contributed by atoms with Gasteiger partial charge in [-0.05, 0) is 47.8 Å². The minimum atomic E-state index is -3.66. The van der Waals surface area contributed by atoms with E-state index in [4.69, 9.17) is 5.84 Å². The minimum Gasteiger partial charge on any atom is -0.307 e. The zero-order chi connectivity index (χ0) is 15.0. The summed E-state index contributed by atoms with van der Waals surface area (Å²) in [5, 5.41) is 0. The highest BCUT2D eigenvalue weighted by molar-refractivity contribution is 9.10. The fourth-order valence-electron chi connectivity index (χ4n) is 3.22. The molecule has 2 fully saturated rings. The lowest BCUT2D eigenvalue weighted by atomic mass is 10.1. The first kappa shape index (κ1) is 15.2. The molecule has 0 aliphatic carbocycles. The normalized spacial score (nSPS) is 26.0. The van der Waals surface area contributed by atoms with E-state index in [0.717, 1.165) is 32.4 Å². The summed E-state index contributed by atoms with van der Waals surface area (Å²) in [5.74, 6) is 5.51. The van der Waals surface area contributed by atoms with Crippen molar-refractivity contribution in [2.75, 3.05) is 18.5 Å². The van der Waals surface area contributed by atoms with Crippen LogP contribution in [0.1, 0.15) is 19.3 Å². The van der Waals surface area contributed by atoms with E-state index in [2.05, 4.69) is 36.0 Å². The number of fused-ring (bicyclic) bond motifs is 1. The molecule has 2 aliphatic heterocycles. The third kappa shape index (κ3) is 2.93. The van der Waals surface area contributed by atoms with Crippen molar-refractivity contribution in [2.24, 2.45) is 5.84 Å². The number of rotatable bonds is 4. The van der Waals surface area contributed by atoms with Crippen LogP contribution in [0.25, 0.3) is 0 Å². The van der Waals surface area contributed by atoms with E-state index in [-0.39, 0.29) is 16.8 Å². The Morgan fingerprint density at radius 3 is 2.95 bits per heavy atom. The number of nitrogens with two attached hydrogens (primary N) is 1. The Kier molecular flexibility index (Phi) is 4.19. The molecule has 1 aromatic heterocycles. The lowest BCUT2D eigenvalue weighted by molar-refractivity contribution is 0.309. The fraction of sp³-hybridized carbons (Fsp3) is 0.583. The smallest absolute Gasteiger partial charge is 0.244 e. The summed E-state index contributed by atoms with van der Waals surface area (Å²) in [6, 6.07) is 1.78. The quantitative estimate of drug-likeness (QED) is 0.527. The van der Waals surface area contributed by atoms with Crippen LogP contribution >= 0.6 is 15.9 Å². The number of sulfonamides is 1. The summed E-state index contributed by atoms with van der Waals surface area (Å²) in [7, 11) is -3.66. The number of nitrogens with one attached hydrogen (secondary N) is 2. The third-order valence-corrected chi connectivity index (χ3v) is 6.10. The number of aromatic nitrogens is 1. The molecule has 0 aromatic carbocycles. The van der Waals surface area contributed by atoms with Crippen LogP contribution < -0.4 is 16.0 Å². The van der Waals surface area contributed by atoms with Crippen LogP contribution in [0, 0.1) is 0 Å². The molecule has 0 saturated carbocycles. The van der Waals surface area contributed by atoms with Crippen molar-refractivity contribution in [3.63, 3.8) is 0 Å². The van der Waals surface area contributed by atoms with Gasteiger partial charge in [-0.2, -0.15) is 0 Å². The van der Waals surface area contributed by atoms with Crippen molar-refractivity contribution in [1.82, 2.24) is 14.6 Å². The summed E-state index contributed by atoms with van der Waals surface area (Å²) in [4.78, 5) is 6.41. The number of hydrazine groups is 1. The Morgan fingerprint density at radius 1 is 1.38 bits per heavy atom. The van der Waals surface area contributed by atoms with Crippen LogP contribution in [-0.2, 0) is 10.0 Å². The monoisotopic (exact) mass is 375 g/mol. The largest absolute Gasteiger partial charge is 0.307 e. The lowest BCUT2D eigenvalue weighted by Gasteiger charge is -2.21. The molecule has 0 bridgehead atoms. The summed E-state index contributed by atoms with van der Waals surface area (Å²) in [6.07, 6.45) is 4.53. The van der Waals surface area contributed by atoms with Crippen LogP contribution in [0.2, 0.25) is 0 Å². The van der Waals surface area contributed by atoms with Gasteiger partial charge in [0, 0.05) is 29.3 Å². The SMILES string of the molecule is NNc1ncc(Br)cc1S(=O)(=O)NC1CCN2CCCC12. The van der Waals surface area contributed by atoms with E-state index in [1.54, 1.807) is 0 Å². The zero-order valence-corrected chi connectivity index (χ0v) is 13.8. The van der Waals surface area contributed by atoms with Gasteiger partial charge in [-0.25, -0.2) is 24.0 Å². The number of nitrogens with zero attached hydrogens (tertiary/aromatic N) is 2. The average molecular weight is 376 g/mol. The summed E-state index contributed by atoms with van der Waals surface area (Å²) in [6.45, 7) is 2.02. The second-order valence-electron chi connectivity index (χ2n) is 5.41. The maximum absolute atomic E-state index is 12.6. The van der Waals surface area contributed by atoms with Crippen molar-refractivity contribution in [3.05, 3.63) is 16.7 Å². The molecule has 0 amide bonds. The Morgan fingerprint density at radius 2 is 2.19 bits per heavy atom. The molecular weight excluding hydrogens is 358 g/mol. The van der Waals surface area contributed by atoms with Crippen LogP contribution in [-0.4, -0.2) is 43.5 Å². The van der Waals surface area contributed by atoms with E-state index >= 15 is 0 Å². The molecule has 0 radical (unpaired) electrons. The zero-order valence-electron chi connectivity index (χ0n) is 11.4. The Bertz CT molecular complexity index is 639. The highest BCUT2D eigenvalue weighted by Crippen LogP contribution is 2.30. The maximum atomic E-state index is 12.6. The van der Waals surface area contributed by atoms with Crippen LogP contribution in [0.5, 0.6) is 0 Å². The molecule has 116 valence electrons. The van der Waals surface area contributed by atoms with Crippen LogP contribution in [0.4, 0.5) is 5.82 Å². The fourth-order valence-corrected chi connectivity index (χ4v) is 5.15. The first-order chi connectivity index (χ1) is 10.0. The highest BCUT2D eigenvalue weighted by Gasteiger charge is 2.39. The molecular formula is C12H18BrN5O2S. The van der Waals surface area contributed by atoms with E-state index < -0.39 is 10.0 Å². The molecule has 2 unspecified atom stereocenters. The van der Waals surface area contributed by atoms with Gasteiger partial charge in [0.1, 0.15) is 4.90 Å². The van der Waals surface area contributed by atoms with Gasteiger partial charge in [-0.15, -0.1) is 0 Å². The molecule has 2 atom stereocenters. The van der Waals surface area contributed by atoms with Gasteiger partial charge in [-0.1, -0.05) is 0 Å². The van der Waals surface area contributed by atoms with E-state index in [1.807, 2.05) is 0 Å². The van der Waals surface area contributed by atoms with Crippen molar-refractivity contribution < 1.29 is 8.42 Å². The predicted octanol–water partition coefficient (Wildman–Crippen LogP) is 0.645. The maximum Gasteiger partial charge on any atom is 0.244 e. The summed E-state index contributed by atoms with van der Waals surface area (Å²) >= 11 is 3.24. The second kappa shape index (κ2) is 5.81. The van der Waals surface area contributed by atoms with Gasteiger partial charge in [-0.3, -0.25) is 4.90 Å². The van der Waals surface area contributed by atoms with Gasteiger partial charge in [0.2, 0.25) is 10.0 Å². The van der Waals surface area contributed by atoms with Crippen molar-refractivity contribution >= 4 is 31.8 Å². The number of hydrogen-bond donors (Lipinski definition) is 3. The molecule has 4 N–H and O–H groups in total. The number of nitrogen functional groups attached to an aromatic ring is 1. The second-order valence-corrected chi connectivity index (χ2v) is 8.00. The lowest BCUT2D eigenvalue weighted by Crippen LogP contribution is -2.42. The van der Waals surface area contributed by atoms with Gasteiger partial charge in [0.15, 0.2) is 5.82 Å². The predicted molar refractivity (Wildman–Crippen MR) is 83.1 cm³/mol. The molecule has 2 saturated heterocycles. The molecule has 2 aliphatic rings. The standard InChI is InChI=1S/C12H18BrN5O2S/c13-8-6-11(12(16-14)15-7-8)21(19,20)17-9-3-5-18-4-1-2-10(9)18/h6-7,9-10,17H,1-5,14H2,(H,15,16). The Hall–Kier alpha value is -0.740. The number of halogens is 1. The highest BCUT2D eigenvalue weighted by atomic mass is 79.9. The molecule has 0 spiro atoms. The van der Waals surface area contributed by atoms with Gasteiger partial charge in [0.05, 0.1) is 0 Å². The number of anilines is 1. The topological polar surface area (TPSA) is 100 Å². The first-order valence-corrected chi connectivity index (χ1v) is 9.17. The van der Waals surface area contributed by atoms with Gasteiger partial charge >= 0.3 is 0 Å². The van der Waals surface area contributed by atoms with Crippen LogP contribution in [0.3, 0.4) is 0 Å². The summed E-state index contributed by atoms with van der Waals surface area (Å²) in [5.41, 5.74) is 2.34. The van der Waals surface area contributed by atoms with Crippen molar-refractivity contribution in [1.29, 1.82) is 0 Å². The Labute approximate surface area is 132 Å². The minimum absolute atomic E-state index is 0.0397. The van der Waals surface area contributed by atoms with Crippen molar-refractivity contribution in [2.45, 2.75) is 36.2 Å². The molecule has 7 nitrogen and oxygen atoms in total. The van der Waals surface area contributed by atoms with Crippen LogP contribution in [0.15, 0.2) is 21.6 Å². The van der Waals surface area contributed by atoms with Crippen molar-refractivity contribution in [3.8, 4) is 0 Å². The first-order valence-electron chi connectivity index (χ1n) is 6.90. The third-order valence-electron chi connectivity index (χ3n) is 4.16. The average Bonchev–Trinajstić information content (AvgIpc) is 3.04. The Balaban J connectivity index is 1.86. The molecule has 9 heteroatoms. The number of pyridine rings is 1. The molecule has 1 aromatic rings. The van der Waals surface area contributed by atoms with E-state index in [9.17, 15) is 8.42 Å². The molecule has 3 heterocycles. The molecule has 3 rings (SSSR count). The van der Waals surface area contributed by atoms with Gasteiger partial charge < -0.3 is 5.43 Å². The van der Waals surface area contributed by atoms with E-state index in [1.165, 1.54) is 12.3 Å².